The van der Waals surface area contributed by atoms with E-state index in [9.17, 15) is 0 Å². The number of ether oxygens (including phenoxy) is 1. The van der Waals surface area contributed by atoms with Gasteiger partial charge in [-0.1, -0.05) is 0 Å². The number of methoxy groups -OCH3 is 1. The zero-order chi connectivity index (χ0) is 11.5. The maximum Gasteiger partial charge on any atom is 0.318 e. The van der Waals surface area contributed by atoms with Crippen molar-refractivity contribution in [1.29, 1.82) is 0 Å². The van der Waals surface area contributed by atoms with Crippen LogP contribution < -0.4 is 16.2 Å². The number of nitrogens with zero attached hydrogens (tertiary/aromatic N) is 3. The molecule has 2 aromatic rings. The average Bonchev–Trinajstić information content (AvgIpc) is 2.28. The molecule has 0 unspecified atom stereocenters. The van der Waals surface area contributed by atoms with Crippen LogP contribution in [0.5, 0.6) is 6.01 Å². The van der Waals surface area contributed by atoms with Crippen molar-refractivity contribution in [2.75, 3.05) is 18.6 Å². The Morgan fingerprint density at radius 3 is 2.75 bits per heavy atom. The molecule has 0 radical (unpaired) electrons. The van der Waals surface area contributed by atoms with Crippen molar-refractivity contribution in [3.05, 3.63) is 24.5 Å². The van der Waals surface area contributed by atoms with Gasteiger partial charge in [0.15, 0.2) is 0 Å². The van der Waals surface area contributed by atoms with Gasteiger partial charge in [0.05, 0.1) is 24.7 Å². The van der Waals surface area contributed by atoms with Gasteiger partial charge >= 0.3 is 6.01 Å². The molecule has 82 valence electrons. The zero-order valence-corrected chi connectivity index (χ0v) is 8.71. The minimum atomic E-state index is 0.214. The molecule has 0 bridgehead atoms. The number of hydrogen-bond donors (Lipinski definition) is 2. The van der Waals surface area contributed by atoms with Crippen LogP contribution in [0.15, 0.2) is 24.5 Å². The Morgan fingerprint density at radius 2 is 2.06 bits per heavy atom. The minimum Gasteiger partial charge on any atom is -0.467 e. The first-order valence-electron chi connectivity index (χ1n) is 4.59. The molecular formula is C10H11N5O. The number of aromatic nitrogens is 3. The van der Waals surface area contributed by atoms with E-state index in [1.165, 1.54) is 7.11 Å². The predicted molar refractivity (Wildman–Crippen MR) is 60.6 cm³/mol. The summed E-state index contributed by atoms with van der Waals surface area (Å²) in [5.41, 5.74) is 13.3. The lowest BCUT2D eigenvalue weighted by atomic mass is 10.1. The third-order valence-electron chi connectivity index (χ3n) is 2.04. The molecule has 0 saturated carbocycles. The number of anilines is 2. The second-order valence-electron chi connectivity index (χ2n) is 3.13. The quantitative estimate of drug-likeness (QED) is 0.768. The van der Waals surface area contributed by atoms with Crippen molar-refractivity contribution in [3.8, 4) is 17.3 Å². The van der Waals surface area contributed by atoms with Crippen LogP contribution in [-0.4, -0.2) is 22.1 Å². The summed E-state index contributed by atoms with van der Waals surface area (Å²) in [6.07, 6.45) is 3.19. The molecule has 0 aromatic carbocycles. The minimum absolute atomic E-state index is 0.214. The van der Waals surface area contributed by atoms with Gasteiger partial charge in [-0.25, -0.2) is 0 Å². The largest absolute Gasteiger partial charge is 0.467 e. The Bertz CT molecular complexity index is 514. The lowest BCUT2D eigenvalue weighted by Crippen LogP contribution is -2.00. The first-order chi connectivity index (χ1) is 7.70. The Hall–Kier alpha value is -2.37. The Morgan fingerprint density at radius 1 is 1.25 bits per heavy atom. The van der Waals surface area contributed by atoms with E-state index in [4.69, 9.17) is 16.2 Å². The van der Waals surface area contributed by atoms with Crippen molar-refractivity contribution >= 4 is 11.5 Å². The van der Waals surface area contributed by atoms with Gasteiger partial charge in [0.2, 0.25) is 0 Å². The van der Waals surface area contributed by atoms with Crippen LogP contribution in [0.2, 0.25) is 0 Å². The Kier molecular flexibility index (Phi) is 2.55. The number of rotatable bonds is 2. The van der Waals surface area contributed by atoms with Crippen LogP contribution in [0.1, 0.15) is 0 Å². The fourth-order valence-electron chi connectivity index (χ4n) is 1.31. The molecule has 0 saturated heterocycles. The molecule has 0 aliphatic carbocycles. The first-order valence-corrected chi connectivity index (χ1v) is 4.59. The highest BCUT2D eigenvalue weighted by Gasteiger charge is 2.07. The van der Waals surface area contributed by atoms with Crippen molar-refractivity contribution in [3.63, 3.8) is 0 Å². The molecule has 2 rings (SSSR count). The van der Waals surface area contributed by atoms with E-state index in [1.54, 1.807) is 24.5 Å². The summed E-state index contributed by atoms with van der Waals surface area (Å²) < 4.78 is 4.94. The SMILES string of the molecule is COc1nc(N)cc(-c2ccncc2N)n1. The summed E-state index contributed by atoms with van der Waals surface area (Å²) in [5, 5.41) is 0. The second kappa shape index (κ2) is 4.01. The molecule has 0 spiro atoms. The number of nitrogen functional groups attached to an aromatic ring is 2. The smallest absolute Gasteiger partial charge is 0.318 e. The molecule has 16 heavy (non-hydrogen) atoms. The number of nitrogens with two attached hydrogens (primary N) is 2. The van der Waals surface area contributed by atoms with Gasteiger partial charge in [-0.15, -0.1) is 0 Å². The van der Waals surface area contributed by atoms with Crippen molar-refractivity contribution in [2.24, 2.45) is 0 Å². The maximum absolute atomic E-state index is 5.79. The standard InChI is InChI=1S/C10H11N5O/c1-16-10-14-8(4-9(12)15-10)6-2-3-13-5-7(6)11/h2-5H,11H2,1H3,(H2,12,14,15). The van der Waals surface area contributed by atoms with Crippen molar-refractivity contribution in [2.45, 2.75) is 0 Å². The maximum atomic E-state index is 5.79. The third kappa shape index (κ3) is 1.85. The van der Waals surface area contributed by atoms with Crippen LogP contribution in [0.3, 0.4) is 0 Å². The molecule has 0 aliphatic rings. The summed E-state index contributed by atoms with van der Waals surface area (Å²) in [5.74, 6) is 0.332. The summed E-state index contributed by atoms with van der Waals surface area (Å²) in [6, 6.07) is 3.61. The fourth-order valence-corrected chi connectivity index (χ4v) is 1.31. The number of pyridine rings is 1. The van der Waals surface area contributed by atoms with Gasteiger partial charge in [-0.2, -0.15) is 9.97 Å². The van der Waals surface area contributed by atoms with E-state index < -0.39 is 0 Å². The second-order valence-corrected chi connectivity index (χ2v) is 3.13. The van der Waals surface area contributed by atoms with Crippen molar-refractivity contribution < 1.29 is 4.74 Å². The molecule has 2 aromatic heterocycles. The molecule has 4 N–H and O–H groups in total. The van der Waals surface area contributed by atoms with E-state index >= 15 is 0 Å². The lowest BCUT2D eigenvalue weighted by Gasteiger charge is -2.06. The summed E-state index contributed by atoms with van der Waals surface area (Å²) in [6.45, 7) is 0. The molecular weight excluding hydrogens is 206 g/mol. The van der Waals surface area contributed by atoms with Gasteiger partial charge in [0.1, 0.15) is 5.82 Å². The normalized spacial score (nSPS) is 10.1. The van der Waals surface area contributed by atoms with E-state index in [0.717, 1.165) is 5.56 Å². The van der Waals surface area contributed by atoms with Crippen LogP contribution in [0.25, 0.3) is 11.3 Å². The monoisotopic (exact) mass is 217 g/mol. The molecule has 0 atom stereocenters. The highest BCUT2D eigenvalue weighted by molar-refractivity contribution is 5.73. The molecule has 0 aliphatic heterocycles. The Labute approximate surface area is 92.3 Å². The van der Waals surface area contributed by atoms with Crippen LogP contribution in [0.4, 0.5) is 11.5 Å². The van der Waals surface area contributed by atoms with Gasteiger partial charge < -0.3 is 16.2 Å². The first kappa shape index (κ1) is 10.2. The van der Waals surface area contributed by atoms with Gasteiger partial charge in [-0.05, 0) is 6.07 Å². The van der Waals surface area contributed by atoms with E-state index in [-0.39, 0.29) is 6.01 Å². The molecule has 6 nitrogen and oxygen atoms in total. The highest BCUT2D eigenvalue weighted by atomic mass is 16.5. The van der Waals surface area contributed by atoms with E-state index in [1.807, 2.05) is 0 Å². The van der Waals surface area contributed by atoms with Crippen LogP contribution in [0, 0.1) is 0 Å². The van der Waals surface area contributed by atoms with Gasteiger partial charge in [0.25, 0.3) is 0 Å². The van der Waals surface area contributed by atoms with Crippen LogP contribution in [-0.2, 0) is 0 Å². The Balaban J connectivity index is 2.56. The van der Waals surface area contributed by atoms with E-state index in [0.29, 0.717) is 17.2 Å². The van der Waals surface area contributed by atoms with E-state index in [2.05, 4.69) is 15.0 Å². The number of hydrogen-bond acceptors (Lipinski definition) is 6. The molecule has 0 amide bonds. The topological polar surface area (TPSA) is 99.9 Å². The average molecular weight is 217 g/mol. The fraction of sp³-hybridized carbons (Fsp3) is 0.100. The highest BCUT2D eigenvalue weighted by Crippen LogP contribution is 2.25. The van der Waals surface area contributed by atoms with Gasteiger partial charge in [-0.3, -0.25) is 4.98 Å². The summed E-state index contributed by atoms with van der Waals surface area (Å²) in [7, 11) is 1.48. The zero-order valence-electron chi connectivity index (χ0n) is 8.71. The summed E-state index contributed by atoms with van der Waals surface area (Å²) >= 11 is 0. The predicted octanol–water partition coefficient (Wildman–Crippen LogP) is 0.712. The molecule has 2 heterocycles. The van der Waals surface area contributed by atoms with Crippen molar-refractivity contribution in [1.82, 2.24) is 15.0 Å². The third-order valence-corrected chi connectivity index (χ3v) is 2.04. The molecule has 0 fully saturated rings. The summed E-state index contributed by atoms with van der Waals surface area (Å²) in [4.78, 5) is 12.0. The van der Waals surface area contributed by atoms with Gasteiger partial charge in [0, 0.05) is 17.8 Å². The van der Waals surface area contributed by atoms with Crippen LogP contribution >= 0.6 is 0 Å². The lowest BCUT2D eigenvalue weighted by molar-refractivity contribution is 0.381. The molecule has 6 heteroatoms.